The van der Waals surface area contributed by atoms with Crippen molar-refractivity contribution in [2.75, 3.05) is 11.9 Å². The van der Waals surface area contributed by atoms with E-state index in [1.54, 1.807) is 30.3 Å². The Hall–Kier alpha value is -4.10. The number of amides is 1. The van der Waals surface area contributed by atoms with Gasteiger partial charge in [-0.3, -0.25) is 23.7 Å². The molecule has 37 heavy (non-hydrogen) atoms. The molecular weight excluding hydrogens is 510 g/mol. The van der Waals surface area contributed by atoms with Crippen LogP contribution in [0.25, 0.3) is 11.2 Å². The van der Waals surface area contributed by atoms with Crippen molar-refractivity contribution in [3.05, 3.63) is 47.5 Å². The van der Waals surface area contributed by atoms with Crippen LogP contribution in [-0.2, 0) is 33.3 Å². The number of hydrogen-bond donors (Lipinski definition) is 1. The van der Waals surface area contributed by atoms with Gasteiger partial charge in [0, 0.05) is 26.3 Å². The summed E-state index contributed by atoms with van der Waals surface area (Å²) in [6.07, 6.45) is -3.03. The minimum Gasteiger partial charge on any atom is -0.463 e. The zero-order chi connectivity index (χ0) is 26.7. The van der Waals surface area contributed by atoms with Crippen LogP contribution in [0.15, 0.2) is 36.7 Å². The predicted octanol–water partition coefficient (Wildman–Crippen LogP) is 2.06. The Labute approximate surface area is 215 Å². The number of carbonyl (C=O) groups is 4. The van der Waals surface area contributed by atoms with Crippen LogP contribution in [0.3, 0.4) is 0 Å². The molecule has 0 unspecified atom stereocenters. The molecule has 1 aliphatic heterocycles. The lowest BCUT2D eigenvalue weighted by atomic mass is 10.1. The van der Waals surface area contributed by atoms with Crippen molar-refractivity contribution in [3.63, 3.8) is 0 Å². The molecule has 1 aromatic carbocycles. The second-order valence-corrected chi connectivity index (χ2v) is 8.34. The minimum absolute atomic E-state index is 0.0395. The molecule has 4 rings (SSSR count). The molecule has 0 spiro atoms. The van der Waals surface area contributed by atoms with Crippen molar-refractivity contribution in [2.45, 2.75) is 45.3 Å². The number of nitrogens with one attached hydrogen (secondary N) is 1. The average molecular weight is 532 g/mol. The molecule has 0 aliphatic carbocycles. The maximum atomic E-state index is 12.7. The number of halogens is 1. The summed E-state index contributed by atoms with van der Waals surface area (Å²) in [6.45, 7) is 3.30. The number of aromatic nitrogens is 4. The molecule has 1 saturated heterocycles. The largest absolute Gasteiger partial charge is 0.463 e. The lowest BCUT2D eigenvalue weighted by Crippen LogP contribution is -2.40. The fourth-order valence-electron chi connectivity index (χ4n) is 3.85. The topological polar surface area (TPSA) is 161 Å². The fourth-order valence-corrected chi connectivity index (χ4v) is 4.01. The van der Waals surface area contributed by atoms with Crippen molar-refractivity contribution in [1.82, 2.24) is 19.5 Å². The maximum Gasteiger partial charge on any atom is 0.303 e. The molecule has 1 fully saturated rings. The van der Waals surface area contributed by atoms with Gasteiger partial charge < -0.3 is 24.3 Å². The third-order valence-electron chi connectivity index (χ3n) is 5.28. The smallest absolute Gasteiger partial charge is 0.303 e. The summed E-state index contributed by atoms with van der Waals surface area (Å²) in [5.41, 5.74) is 0.697. The van der Waals surface area contributed by atoms with Gasteiger partial charge in [-0.15, -0.1) is 0 Å². The zero-order valence-corrected chi connectivity index (χ0v) is 20.7. The summed E-state index contributed by atoms with van der Waals surface area (Å²) in [4.78, 5) is 60.4. The van der Waals surface area contributed by atoms with Crippen LogP contribution in [0.2, 0.25) is 5.28 Å². The molecule has 194 valence electrons. The lowest BCUT2D eigenvalue weighted by Gasteiger charge is -2.23. The number of anilines is 1. The van der Waals surface area contributed by atoms with Crippen LogP contribution >= 0.6 is 11.6 Å². The van der Waals surface area contributed by atoms with E-state index in [9.17, 15) is 19.2 Å². The van der Waals surface area contributed by atoms with Crippen LogP contribution in [0.1, 0.15) is 37.4 Å². The summed E-state index contributed by atoms with van der Waals surface area (Å²) in [5, 5.41) is 2.46. The first-order valence-corrected chi connectivity index (χ1v) is 11.4. The van der Waals surface area contributed by atoms with E-state index in [0.29, 0.717) is 5.56 Å². The highest BCUT2D eigenvalue weighted by atomic mass is 35.5. The molecule has 1 N–H and O–H groups in total. The summed E-state index contributed by atoms with van der Waals surface area (Å²) in [6, 6.07) is 8.46. The monoisotopic (exact) mass is 531 g/mol. The van der Waals surface area contributed by atoms with Gasteiger partial charge in [0.25, 0.3) is 5.91 Å². The van der Waals surface area contributed by atoms with Gasteiger partial charge >= 0.3 is 17.9 Å². The summed E-state index contributed by atoms with van der Waals surface area (Å²) in [7, 11) is 0. The van der Waals surface area contributed by atoms with Gasteiger partial charge in [0.05, 0.1) is 6.33 Å². The van der Waals surface area contributed by atoms with Crippen molar-refractivity contribution < 1.29 is 38.1 Å². The second-order valence-electron chi connectivity index (χ2n) is 8.00. The van der Waals surface area contributed by atoms with Crippen LogP contribution < -0.4 is 5.32 Å². The molecule has 0 bridgehead atoms. The van der Waals surface area contributed by atoms with Crippen molar-refractivity contribution in [2.24, 2.45) is 0 Å². The number of ether oxygens (including phenoxy) is 4. The molecule has 1 aliphatic rings. The van der Waals surface area contributed by atoms with Crippen molar-refractivity contribution in [1.29, 1.82) is 0 Å². The highest BCUT2D eigenvalue weighted by Crippen LogP contribution is 2.36. The first-order chi connectivity index (χ1) is 17.6. The quantitative estimate of drug-likeness (QED) is 0.270. The highest BCUT2D eigenvalue weighted by Gasteiger charge is 2.51. The zero-order valence-electron chi connectivity index (χ0n) is 19.9. The second kappa shape index (κ2) is 10.9. The molecular formula is C23H22ClN5O8. The van der Waals surface area contributed by atoms with Gasteiger partial charge in [0.15, 0.2) is 35.4 Å². The van der Waals surface area contributed by atoms with E-state index in [-0.39, 0.29) is 28.9 Å². The van der Waals surface area contributed by atoms with Crippen LogP contribution in [0.4, 0.5) is 5.82 Å². The minimum atomic E-state index is -1.16. The van der Waals surface area contributed by atoms with Crippen molar-refractivity contribution >= 4 is 52.4 Å². The number of nitrogens with zero attached hydrogens (tertiary/aromatic N) is 4. The molecule has 0 radical (unpaired) electrons. The Kier molecular flexibility index (Phi) is 7.64. The Morgan fingerprint density at radius 1 is 1.00 bits per heavy atom. The third kappa shape index (κ3) is 5.84. The van der Waals surface area contributed by atoms with Gasteiger partial charge in [0.2, 0.25) is 5.28 Å². The summed E-state index contributed by atoms with van der Waals surface area (Å²) < 4.78 is 23.3. The molecule has 4 atom stereocenters. The number of fused-ring (bicyclic) bond motifs is 1. The number of benzene rings is 1. The van der Waals surface area contributed by atoms with Crippen LogP contribution in [0.5, 0.6) is 0 Å². The van der Waals surface area contributed by atoms with E-state index in [4.69, 9.17) is 30.5 Å². The van der Waals surface area contributed by atoms with Crippen LogP contribution in [0, 0.1) is 0 Å². The summed E-state index contributed by atoms with van der Waals surface area (Å²) in [5.74, 6) is -2.32. The van der Waals surface area contributed by atoms with E-state index in [2.05, 4.69) is 20.3 Å². The van der Waals surface area contributed by atoms with E-state index >= 15 is 0 Å². The van der Waals surface area contributed by atoms with Gasteiger partial charge in [-0.05, 0) is 23.7 Å². The molecule has 1 amide bonds. The first-order valence-electron chi connectivity index (χ1n) is 11.0. The molecule has 3 heterocycles. The number of esters is 3. The third-order valence-corrected chi connectivity index (χ3v) is 5.45. The number of carbonyl (C=O) groups excluding carboxylic acids is 4. The van der Waals surface area contributed by atoms with Gasteiger partial charge in [-0.25, -0.2) is 4.98 Å². The standard InChI is InChI=1S/C23H22ClN5O8/c1-11(30)34-9-15-17(35-12(2)31)18(36-13(3)32)22(37-15)29-10-25-16-19(27-23(24)28-20(16)29)26-21(33)14-7-5-4-6-8-14/h4-8,10,15,17-18,22H,9H2,1-3H3,(H,26,27,28,33)/t15-,17-,18-,22-/m1/s1. The van der Waals surface area contributed by atoms with E-state index in [0.717, 1.165) is 0 Å². The molecule has 14 heteroatoms. The Morgan fingerprint density at radius 3 is 2.32 bits per heavy atom. The lowest BCUT2D eigenvalue weighted by molar-refractivity contribution is -0.166. The molecule has 13 nitrogen and oxygen atoms in total. The predicted molar refractivity (Wildman–Crippen MR) is 126 cm³/mol. The van der Waals surface area contributed by atoms with E-state index < -0.39 is 48.4 Å². The Balaban J connectivity index is 1.73. The SMILES string of the molecule is CC(=O)OC[C@H]1O[C@@H](n2cnc3c(NC(=O)c4ccccc4)nc(Cl)nc32)[C@H](OC(C)=O)[C@@H]1OC(C)=O. The number of imidazole rings is 1. The summed E-state index contributed by atoms with van der Waals surface area (Å²) >= 11 is 6.15. The number of rotatable bonds is 7. The van der Waals surface area contributed by atoms with Crippen LogP contribution in [-0.4, -0.2) is 68.3 Å². The molecule has 2 aromatic heterocycles. The Morgan fingerprint density at radius 2 is 1.68 bits per heavy atom. The first kappa shape index (κ1) is 26.0. The van der Waals surface area contributed by atoms with E-state index in [1.807, 2.05) is 0 Å². The number of hydrogen-bond acceptors (Lipinski definition) is 11. The van der Waals surface area contributed by atoms with Gasteiger partial charge in [-0.1, -0.05) is 18.2 Å². The normalized spacial score (nSPS) is 20.9. The van der Waals surface area contributed by atoms with Gasteiger partial charge in [-0.2, -0.15) is 9.97 Å². The van der Waals surface area contributed by atoms with Gasteiger partial charge in [0.1, 0.15) is 12.7 Å². The van der Waals surface area contributed by atoms with Crippen molar-refractivity contribution in [3.8, 4) is 0 Å². The Bertz CT molecular complexity index is 1350. The molecule has 0 saturated carbocycles. The van der Waals surface area contributed by atoms with E-state index in [1.165, 1.54) is 31.7 Å². The average Bonchev–Trinajstić information content (AvgIpc) is 3.39. The molecule has 3 aromatic rings. The maximum absolute atomic E-state index is 12.7. The highest BCUT2D eigenvalue weighted by molar-refractivity contribution is 6.28. The fraction of sp³-hybridized carbons (Fsp3) is 0.348.